The Morgan fingerprint density at radius 1 is 1.20 bits per heavy atom. The molecule has 1 rings (SSSR count). The van der Waals surface area contributed by atoms with Gasteiger partial charge in [-0.05, 0) is 11.1 Å². The lowest BCUT2D eigenvalue weighted by Gasteiger charge is -2.09. The number of aliphatic hydroxyl groups is 3. The Labute approximate surface area is 89.2 Å². The van der Waals surface area contributed by atoms with Crippen LogP contribution in [0.15, 0.2) is 24.3 Å². The summed E-state index contributed by atoms with van der Waals surface area (Å²) in [5, 5.41) is 29.6. The summed E-state index contributed by atoms with van der Waals surface area (Å²) < 4.78 is 0. The summed E-state index contributed by atoms with van der Waals surface area (Å²) in [7, 11) is 0. The van der Waals surface area contributed by atoms with Crippen molar-refractivity contribution in [2.75, 3.05) is 13.2 Å². The molecule has 4 heteroatoms. The van der Waals surface area contributed by atoms with Crippen LogP contribution >= 0.6 is 0 Å². The smallest absolute Gasteiger partial charge is 0.0895 e. The van der Waals surface area contributed by atoms with Gasteiger partial charge in [-0.1, -0.05) is 24.3 Å². The molecule has 0 heterocycles. The molecule has 0 aliphatic heterocycles. The average Bonchev–Trinajstić information content (AvgIpc) is 2.29. The molecule has 15 heavy (non-hydrogen) atoms. The minimum atomic E-state index is -0.717. The van der Waals surface area contributed by atoms with E-state index in [2.05, 4.69) is 5.32 Å². The molecule has 1 aromatic carbocycles. The molecule has 0 amide bonds. The predicted molar refractivity (Wildman–Crippen MR) is 57.2 cm³/mol. The number of benzene rings is 1. The Balaban J connectivity index is 2.37. The van der Waals surface area contributed by atoms with Gasteiger partial charge in [0.15, 0.2) is 0 Å². The molecule has 0 bridgehead atoms. The number of rotatable bonds is 6. The molecule has 1 unspecified atom stereocenters. The molecule has 0 aliphatic rings. The van der Waals surface area contributed by atoms with E-state index in [0.29, 0.717) is 13.1 Å². The minimum absolute atomic E-state index is 0.0348. The van der Waals surface area contributed by atoms with Crippen molar-refractivity contribution in [3.05, 3.63) is 35.4 Å². The largest absolute Gasteiger partial charge is 0.394 e. The van der Waals surface area contributed by atoms with Gasteiger partial charge < -0.3 is 20.6 Å². The van der Waals surface area contributed by atoms with Crippen LogP contribution in [-0.4, -0.2) is 34.6 Å². The Hall–Kier alpha value is -0.940. The van der Waals surface area contributed by atoms with E-state index in [4.69, 9.17) is 15.3 Å². The van der Waals surface area contributed by atoms with E-state index >= 15 is 0 Å². The molecular formula is C11H17NO3. The third-order valence-electron chi connectivity index (χ3n) is 2.09. The zero-order valence-corrected chi connectivity index (χ0v) is 8.56. The number of hydrogen-bond acceptors (Lipinski definition) is 4. The first-order chi connectivity index (χ1) is 7.26. The molecule has 0 aliphatic carbocycles. The van der Waals surface area contributed by atoms with Crippen molar-refractivity contribution in [2.24, 2.45) is 0 Å². The lowest BCUT2D eigenvalue weighted by atomic mass is 10.1. The zero-order valence-electron chi connectivity index (χ0n) is 8.56. The fourth-order valence-electron chi connectivity index (χ4n) is 1.29. The second-order valence-electron chi connectivity index (χ2n) is 3.45. The quantitative estimate of drug-likeness (QED) is 0.517. The van der Waals surface area contributed by atoms with E-state index in [1.807, 2.05) is 24.3 Å². The van der Waals surface area contributed by atoms with Gasteiger partial charge in [0.2, 0.25) is 0 Å². The maximum absolute atomic E-state index is 9.08. The highest BCUT2D eigenvalue weighted by atomic mass is 16.3. The van der Waals surface area contributed by atoms with Crippen LogP contribution in [-0.2, 0) is 13.2 Å². The molecule has 84 valence electrons. The topological polar surface area (TPSA) is 72.7 Å². The van der Waals surface area contributed by atoms with Crippen molar-refractivity contribution in [1.29, 1.82) is 0 Å². The van der Waals surface area contributed by atoms with Crippen LogP contribution in [0.2, 0.25) is 0 Å². The van der Waals surface area contributed by atoms with Crippen molar-refractivity contribution in [1.82, 2.24) is 5.32 Å². The maximum atomic E-state index is 9.08. The number of aliphatic hydroxyl groups excluding tert-OH is 3. The average molecular weight is 211 g/mol. The normalized spacial score (nSPS) is 12.7. The lowest BCUT2D eigenvalue weighted by Crippen LogP contribution is -2.28. The van der Waals surface area contributed by atoms with Crippen molar-refractivity contribution >= 4 is 0 Å². The van der Waals surface area contributed by atoms with Crippen LogP contribution in [0.25, 0.3) is 0 Å². The van der Waals surface area contributed by atoms with Crippen LogP contribution in [0.1, 0.15) is 11.1 Å². The van der Waals surface area contributed by atoms with Crippen molar-refractivity contribution in [3.63, 3.8) is 0 Å². The van der Waals surface area contributed by atoms with E-state index in [-0.39, 0.29) is 13.2 Å². The van der Waals surface area contributed by atoms with Gasteiger partial charge in [-0.3, -0.25) is 0 Å². The van der Waals surface area contributed by atoms with Gasteiger partial charge in [-0.2, -0.15) is 0 Å². The van der Waals surface area contributed by atoms with Crippen LogP contribution in [0.5, 0.6) is 0 Å². The molecule has 0 aromatic heterocycles. The van der Waals surface area contributed by atoms with Gasteiger partial charge in [-0.15, -0.1) is 0 Å². The Morgan fingerprint density at radius 3 is 2.60 bits per heavy atom. The molecule has 0 spiro atoms. The third-order valence-corrected chi connectivity index (χ3v) is 2.09. The molecule has 0 saturated carbocycles. The van der Waals surface area contributed by atoms with Crippen molar-refractivity contribution < 1.29 is 15.3 Å². The van der Waals surface area contributed by atoms with Gasteiger partial charge in [0, 0.05) is 13.1 Å². The SMILES string of the molecule is OCc1cccc(CNCC(O)CO)c1. The van der Waals surface area contributed by atoms with Crippen LogP contribution in [0.4, 0.5) is 0 Å². The summed E-state index contributed by atoms with van der Waals surface area (Å²) in [6.45, 7) is 0.779. The van der Waals surface area contributed by atoms with E-state index in [9.17, 15) is 0 Å². The molecule has 1 atom stereocenters. The molecule has 1 aromatic rings. The first-order valence-electron chi connectivity index (χ1n) is 4.94. The van der Waals surface area contributed by atoms with Gasteiger partial charge in [0.25, 0.3) is 0 Å². The summed E-state index contributed by atoms with van der Waals surface area (Å²) >= 11 is 0. The van der Waals surface area contributed by atoms with Crippen LogP contribution in [0.3, 0.4) is 0 Å². The Kier molecular flexibility index (Phi) is 5.28. The second kappa shape index (κ2) is 6.53. The standard InChI is InChI=1S/C11H17NO3/c13-7-10-3-1-2-9(4-10)5-12-6-11(15)8-14/h1-4,11-15H,5-8H2. The molecule has 0 radical (unpaired) electrons. The first-order valence-corrected chi connectivity index (χ1v) is 4.94. The molecular weight excluding hydrogens is 194 g/mol. The van der Waals surface area contributed by atoms with Gasteiger partial charge >= 0.3 is 0 Å². The molecule has 0 saturated heterocycles. The fourth-order valence-corrected chi connectivity index (χ4v) is 1.29. The third kappa shape index (κ3) is 4.40. The molecule has 4 N–H and O–H groups in total. The second-order valence-corrected chi connectivity index (χ2v) is 3.45. The van der Waals surface area contributed by atoms with Crippen LogP contribution in [0, 0.1) is 0 Å². The van der Waals surface area contributed by atoms with Crippen molar-refractivity contribution in [2.45, 2.75) is 19.3 Å². The zero-order chi connectivity index (χ0) is 11.1. The maximum Gasteiger partial charge on any atom is 0.0895 e. The minimum Gasteiger partial charge on any atom is -0.394 e. The highest BCUT2D eigenvalue weighted by molar-refractivity contribution is 5.22. The predicted octanol–water partition coefficient (Wildman–Crippen LogP) is -0.378. The summed E-state index contributed by atoms with van der Waals surface area (Å²) in [4.78, 5) is 0. The van der Waals surface area contributed by atoms with Gasteiger partial charge in [0.1, 0.15) is 0 Å². The Morgan fingerprint density at radius 2 is 1.93 bits per heavy atom. The summed E-state index contributed by atoms with van der Waals surface area (Å²) in [5.41, 5.74) is 1.92. The van der Waals surface area contributed by atoms with Gasteiger partial charge in [0.05, 0.1) is 19.3 Å². The fraction of sp³-hybridized carbons (Fsp3) is 0.455. The first kappa shape index (κ1) is 12.1. The summed E-state index contributed by atoms with van der Waals surface area (Å²) in [6.07, 6.45) is -0.717. The molecule has 4 nitrogen and oxygen atoms in total. The highest BCUT2D eigenvalue weighted by Crippen LogP contribution is 2.04. The van der Waals surface area contributed by atoms with E-state index in [1.54, 1.807) is 0 Å². The Bertz CT molecular complexity index is 291. The van der Waals surface area contributed by atoms with E-state index in [1.165, 1.54) is 0 Å². The monoisotopic (exact) mass is 211 g/mol. The number of nitrogens with one attached hydrogen (secondary N) is 1. The summed E-state index contributed by atoms with van der Waals surface area (Å²) in [6, 6.07) is 7.58. The lowest BCUT2D eigenvalue weighted by molar-refractivity contribution is 0.0942. The highest BCUT2D eigenvalue weighted by Gasteiger charge is 2.00. The van der Waals surface area contributed by atoms with Gasteiger partial charge in [-0.25, -0.2) is 0 Å². The van der Waals surface area contributed by atoms with Crippen LogP contribution < -0.4 is 5.32 Å². The van der Waals surface area contributed by atoms with Crippen molar-refractivity contribution in [3.8, 4) is 0 Å². The summed E-state index contributed by atoms with van der Waals surface area (Å²) in [5.74, 6) is 0. The van der Waals surface area contributed by atoms with E-state index in [0.717, 1.165) is 11.1 Å². The van der Waals surface area contributed by atoms with E-state index < -0.39 is 6.10 Å². The number of hydrogen-bond donors (Lipinski definition) is 4. The molecule has 0 fully saturated rings.